The van der Waals surface area contributed by atoms with E-state index in [4.69, 9.17) is 9.47 Å². The Kier molecular flexibility index (Phi) is 14.2. The highest BCUT2D eigenvalue weighted by atomic mass is 19.2. The zero-order chi connectivity index (χ0) is 30.4. The summed E-state index contributed by atoms with van der Waals surface area (Å²) in [6.07, 6.45) is 19.9. The van der Waals surface area contributed by atoms with Crippen LogP contribution in [0, 0.1) is 29.4 Å². The van der Waals surface area contributed by atoms with Crippen LogP contribution < -0.4 is 4.74 Å². The molecule has 0 N–H and O–H groups in total. The molecule has 0 spiro atoms. The molecular formula is C36H55F3N2O2. The fraction of sp³-hybridized carbons (Fsp3) is 0.750. The number of aryl methyl sites for hydroxylation is 1. The van der Waals surface area contributed by atoms with Gasteiger partial charge in [-0.05, 0) is 99.3 Å². The molecule has 1 saturated carbocycles. The second-order valence-electron chi connectivity index (χ2n) is 12.9. The topological polar surface area (TPSA) is 34.1 Å². The maximum Gasteiger partial charge on any atom is 0.266 e. The van der Waals surface area contributed by atoms with E-state index >= 15 is 4.39 Å². The Labute approximate surface area is 258 Å². The van der Waals surface area contributed by atoms with Gasteiger partial charge in [0.25, 0.3) is 6.42 Å². The molecule has 1 aromatic carbocycles. The van der Waals surface area contributed by atoms with Gasteiger partial charge >= 0.3 is 0 Å². The summed E-state index contributed by atoms with van der Waals surface area (Å²) in [4.78, 5) is 5.93. The molecule has 0 aromatic heterocycles. The Morgan fingerprint density at radius 2 is 1.65 bits per heavy atom. The van der Waals surface area contributed by atoms with Gasteiger partial charge in [0.2, 0.25) is 5.82 Å². The molecule has 0 amide bonds. The highest BCUT2D eigenvalue weighted by Gasteiger charge is 2.31. The first-order chi connectivity index (χ1) is 21.0. The van der Waals surface area contributed by atoms with E-state index in [0.29, 0.717) is 37.3 Å². The second-order valence-corrected chi connectivity index (χ2v) is 12.9. The maximum atomic E-state index is 15.2. The van der Waals surface area contributed by atoms with Gasteiger partial charge < -0.3 is 14.4 Å². The number of nitrogens with zero attached hydrogens (tertiary/aromatic N) is 2. The number of benzene rings is 1. The minimum Gasteiger partial charge on any atom is -0.490 e. The first-order valence-electron chi connectivity index (χ1n) is 17.4. The largest absolute Gasteiger partial charge is 0.490 e. The summed E-state index contributed by atoms with van der Waals surface area (Å²) in [6, 6.07) is 1.68. The van der Waals surface area contributed by atoms with Crippen molar-refractivity contribution in [2.45, 2.75) is 129 Å². The van der Waals surface area contributed by atoms with Crippen molar-refractivity contribution in [2.24, 2.45) is 22.7 Å². The van der Waals surface area contributed by atoms with Crippen LogP contribution in [0.15, 0.2) is 23.3 Å². The van der Waals surface area contributed by atoms with Crippen LogP contribution in [0.5, 0.6) is 5.75 Å². The number of hydrogen-bond acceptors (Lipinski definition) is 4. The highest BCUT2D eigenvalue weighted by Crippen LogP contribution is 2.41. The van der Waals surface area contributed by atoms with E-state index in [1.54, 1.807) is 17.2 Å². The zero-order valence-corrected chi connectivity index (χ0v) is 26.7. The van der Waals surface area contributed by atoms with Crippen molar-refractivity contribution in [1.29, 1.82) is 0 Å². The quantitative estimate of drug-likeness (QED) is 0.103. The smallest absolute Gasteiger partial charge is 0.266 e. The third-order valence-corrected chi connectivity index (χ3v) is 9.60. The normalized spacial score (nSPS) is 20.7. The molecule has 1 aromatic rings. The molecule has 3 unspecified atom stereocenters. The number of alkyl halides is 1. The van der Waals surface area contributed by atoms with Gasteiger partial charge in [0.15, 0.2) is 11.6 Å². The SMILES string of the molecule is CCCCCCOCCCCCN1C=CC(C2CCc3cc(OCCCCCC(CC)C4CC4)c(F)c(F)c3C2)=NC1F. The monoisotopic (exact) mass is 604 g/mol. The number of halogens is 3. The van der Waals surface area contributed by atoms with Gasteiger partial charge in [-0.25, -0.2) is 9.38 Å². The number of rotatable bonds is 21. The lowest BCUT2D eigenvalue weighted by Gasteiger charge is -2.30. The Balaban J connectivity index is 1.16. The Hall–Kier alpha value is -2.02. The van der Waals surface area contributed by atoms with Crippen LogP contribution in [0.25, 0.3) is 0 Å². The van der Waals surface area contributed by atoms with Crippen LogP contribution >= 0.6 is 0 Å². The van der Waals surface area contributed by atoms with Crippen LogP contribution in [0.4, 0.5) is 13.2 Å². The van der Waals surface area contributed by atoms with Gasteiger partial charge in [-0.15, -0.1) is 0 Å². The van der Waals surface area contributed by atoms with Crippen LogP contribution in [0.1, 0.15) is 121 Å². The van der Waals surface area contributed by atoms with Crippen LogP contribution in [0.2, 0.25) is 0 Å². The summed E-state index contributed by atoms with van der Waals surface area (Å²) < 4.78 is 56.5. The molecule has 2 aliphatic carbocycles. The van der Waals surface area contributed by atoms with Crippen molar-refractivity contribution in [3.63, 3.8) is 0 Å². The minimum absolute atomic E-state index is 0.0204. The molecular weight excluding hydrogens is 549 g/mol. The molecule has 1 fully saturated rings. The third-order valence-electron chi connectivity index (χ3n) is 9.60. The summed E-state index contributed by atoms with van der Waals surface area (Å²) in [6.45, 7) is 7.08. The average Bonchev–Trinajstić information content (AvgIpc) is 3.86. The van der Waals surface area contributed by atoms with E-state index in [1.165, 1.54) is 51.4 Å². The van der Waals surface area contributed by atoms with Crippen molar-refractivity contribution < 1.29 is 22.6 Å². The van der Waals surface area contributed by atoms with Crippen molar-refractivity contribution in [3.05, 3.63) is 41.1 Å². The van der Waals surface area contributed by atoms with Crippen molar-refractivity contribution >= 4 is 5.71 Å². The van der Waals surface area contributed by atoms with Gasteiger partial charge in [-0.3, -0.25) is 0 Å². The molecule has 1 heterocycles. The van der Waals surface area contributed by atoms with Crippen LogP contribution in [-0.2, 0) is 17.6 Å². The van der Waals surface area contributed by atoms with E-state index in [9.17, 15) is 8.78 Å². The summed E-state index contributed by atoms with van der Waals surface area (Å²) >= 11 is 0. The van der Waals surface area contributed by atoms with E-state index in [2.05, 4.69) is 18.8 Å². The molecule has 43 heavy (non-hydrogen) atoms. The maximum absolute atomic E-state index is 15.2. The first-order valence-corrected chi connectivity index (χ1v) is 17.4. The predicted octanol–water partition coefficient (Wildman–Crippen LogP) is 9.74. The van der Waals surface area contributed by atoms with Crippen LogP contribution in [-0.4, -0.2) is 43.4 Å². The summed E-state index contributed by atoms with van der Waals surface area (Å²) in [7, 11) is 0. The number of ether oxygens (including phenoxy) is 2. The first kappa shape index (κ1) is 33.9. The molecule has 0 radical (unpaired) electrons. The molecule has 3 atom stereocenters. The van der Waals surface area contributed by atoms with E-state index in [1.807, 2.05) is 6.08 Å². The molecule has 0 saturated heterocycles. The Bertz CT molecular complexity index is 1040. The molecule has 242 valence electrons. The summed E-state index contributed by atoms with van der Waals surface area (Å²) in [5.74, 6) is -0.0352. The molecule has 0 bridgehead atoms. The van der Waals surface area contributed by atoms with E-state index in [-0.39, 0.29) is 11.7 Å². The zero-order valence-electron chi connectivity index (χ0n) is 26.7. The molecule has 4 nitrogen and oxygen atoms in total. The lowest BCUT2D eigenvalue weighted by Crippen LogP contribution is -2.33. The van der Waals surface area contributed by atoms with E-state index < -0.39 is 18.1 Å². The predicted molar refractivity (Wildman–Crippen MR) is 169 cm³/mol. The van der Waals surface area contributed by atoms with Gasteiger partial charge in [0.05, 0.1) is 6.61 Å². The lowest BCUT2D eigenvalue weighted by molar-refractivity contribution is 0.119. The number of aliphatic imine (C=N–C) groups is 1. The van der Waals surface area contributed by atoms with Gasteiger partial charge in [-0.1, -0.05) is 58.8 Å². The Morgan fingerprint density at radius 1 is 0.907 bits per heavy atom. The number of unbranched alkanes of at least 4 members (excludes halogenated alkanes) is 7. The molecule has 4 rings (SSSR count). The summed E-state index contributed by atoms with van der Waals surface area (Å²) in [5.41, 5.74) is 1.82. The Morgan fingerprint density at radius 3 is 2.37 bits per heavy atom. The van der Waals surface area contributed by atoms with E-state index in [0.717, 1.165) is 75.6 Å². The lowest BCUT2D eigenvalue weighted by atomic mass is 9.80. The standard InChI is InChI=1S/C36H55F3N2O2/c1-3-5-6-11-22-42-23-12-8-10-20-41-21-19-32(40-36(41)39)30-18-17-29-26-33(35(38)34(37)31(29)25-30)43-24-13-7-9-14-27(4-2)28-15-16-28/h19,21,26-28,30,36H,3-18,20,22-25H2,1-2H3. The second kappa shape index (κ2) is 18.1. The molecule has 7 heteroatoms. The fourth-order valence-corrected chi connectivity index (χ4v) is 6.69. The number of hydrogen-bond donors (Lipinski definition) is 0. The molecule has 1 aliphatic heterocycles. The van der Waals surface area contributed by atoms with Gasteiger partial charge in [0.1, 0.15) is 0 Å². The van der Waals surface area contributed by atoms with Crippen LogP contribution in [0.3, 0.4) is 0 Å². The van der Waals surface area contributed by atoms with Crippen molar-refractivity contribution in [3.8, 4) is 5.75 Å². The number of fused-ring (bicyclic) bond motifs is 1. The number of allylic oxidation sites excluding steroid dienone is 1. The fourth-order valence-electron chi connectivity index (χ4n) is 6.69. The van der Waals surface area contributed by atoms with Crippen molar-refractivity contribution in [1.82, 2.24) is 4.90 Å². The summed E-state index contributed by atoms with van der Waals surface area (Å²) in [5, 5.41) is 0. The van der Waals surface area contributed by atoms with Crippen molar-refractivity contribution in [2.75, 3.05) is 26.4 Å². The third kappa shape index (κ3) is 10.5. The van der Waals surface area contributed by atoms with Gasteiger partial charge in [-0.2, -0.15) is 8.78 Å². The average molecular weight is 605 g/mol. The highest BCUT2D eigenvalue weighted by molar-refractivity contribution is 5.97. The molecule has 3 aliphatic rings. The minimum atomic E-state index is -1.44. The van der Waals surface area contributed by atoms with Gasteiger partial charge in [0, 0.05) is 37.6 Å².